The summed E-state index contributed by atoms with van der Waals surface area (Å²) in [6, 6.07) is 11.1. The second kappa shape index (κ2) is 12.2. The predicted molar refractivity (Wildman–Crippen MR) is 117 cm³/mol. The van der Waals surface area contributed by atoms with E-state index in [4.69, 9.17) is 49.6 Å². The minimum atomic E-state index is -0.532. The Bertz CT molecular complexity index is 896. The Hall–Kier alpha value is -2.59. The monoisotopic (exact) mass is 471 g/mol. The van der Waals surface area contributed by atoms with Crippen molar-refractivity contribution in [3.05, 3.63) is 58.1 Å². The van der Waals surface area contributed by atoms with Crippen LogP contribution in [-0.2, 0) is 9.53 Å². The lowest BCUT2D eigenvalue weighted by Crippen LogP contribution is -2.49. The van der Waals surface area contributed by atoms with Gasteiger partial charge in [-0.05, 0) is 54.7 Å². The molecule has 0 aliphatic rings. The lowest BCUT2D eigenvalue weighted by Gasteiger charge is -2.12. The maximum absolute atomic E-state index is 12.2. The molecule has 0 aliphatic heterocycles. The van der Waals surface area contributed by atoms with E-state index < -0.39 is 11.8 Å². The molecule has 0 heterocycles. The molecule has 11 heteroatoms. The van der Waals surface area contributed by atoms with Crippen molar-refractivity contribution in [2.24, 2.45) is 0 Å². The number of carbonyl (C=O) groups is 2. The van der Waals surface area contributed by atoms with Gasteiger partial charge in [0.25, 0.3) is 11.8 Å². The number of hydrogen-bond acceptors (Lipinski definition) is 6. The van der Waals surface area contributed by atoms with Crippen LogP contribution in [0.15, 0.2) is 42.5 Å². The van der Waals surface area contributed by atoms with Gasteiger partial charge in [-0.2, -0.15) is 0 Å². The molecule has 0 radical (unpaired) electrons. The Balaban J connectivity index is 1.72. The largest absolute Gasteiger partial charge is 0.491 e. The van der Waals surface area contributed by atoms with Crippen molar-refractivity contribution in [2.75, 3.05) is 26.9 Å². The summed E-state index contributed by atoms with van der Waals surface area (Å²) in [5.41, 5.74) is 5.09. The molecule has 0 fully saturated rings. The van der Waals surface area contributed by atoms with Crippen LogP contribution in [0.3, 0.4) is 0 Å². The third-order valence-electron chi connectivity index (χ3n) is 3.47. The molecule has 0 atom stereocenters. The number of rotatable bonds is 8. The molecule has 30 heavy (non-hydrogen) atoms. The number of hydrazine groups is 1. The van der Waals surface area contributed by atoms with Gasteiger partial charge in [0, 0.05) is 17.7 Å². The third kappa shape index (κ3) is 8.03. The summed E-state index contributed by atoms with van der Waals surface area (Å²) >= 11 is 16.7. The standard InChI is InChI=1S/C19H19Cl2N3O5S/c1-27-8-9-28-14-5-2-12(3-6-14)18(26)22-19(30)24-23-17(25)11-29-16-7-4-13(20)10-15(16)21/h2-7,10H,8-9,11H2,1H3,(H,23,25)(H2,22,24,26,30). The maximum atomic E-state index is 12.2. The molecule has 2 aromatic rings. The van der Waals surface area contributed by atoms with E-state index in [1.807, 2.05) is 0 Å². The van der Waals surface area contributed by atoms with Gasteiger partial charge in [0.1, 0.15) is 18.1 Å². The molecule has 0 spiro atoms. The molecule has 8 nitrogen and oxygen atoms in total. The summed E-state index contributed by atoms with van der Waals surface area (Å²) in [5.74, 6) is -0.0661. The molecule has 2 amide bonds. The molecular weight excluding hydrogens is 453 g/mol. The number of amides is 2. The van der Waals surface area contributed by atoms with Gasteiger partial charge in [-0.3, -0.25) is 25.8 Å². The fourth-order valence-corrected chi connectivity index (χ4v) is 2.66. The van der Waals surface area contributed by atoms with Gasteiger partial charge in [0.05, 0.1) is 11.6 Å². The van der Waals surface area contributed by atoms with E-state index in [2.05, 4.69) is 16.2 Å². The van der Waals surface area contributed by atoms with Crippen LogP contribution in [0, 0.1) is 0 Å². The molecular formula is C19H19Cl2N3O5S. The smallest absolute Gasteiger partial charge is 0.276 e. The van der Waals surface area contributed by atoms with E-state index >= 15 is 0 Å². The van der Waals surface area contributed by atoms with E-state index in [9.17, 15) is 9.59 Å². The van der Waals surface area contributed by atoms with E-state index in [0.717, 1.165) is 0 Å². The molecule has 0 aliphatic carbocycles. The Morgan fingerprint density at radius 1 is 1.00 bits per heavy atom. The van der Waals surface area contributed by atoms with Crippen LogP contribution >= 0.6 is 35.4 Å². The highest BCUT2D eigenvalue weighted by Crippen LogP contribution is 2.27. The van der Waals surface area contributed by atoms with Gasteiger partial charge in [-0.15, -0.1) is 0 Å². The van der Waals surface area contributed by atoms with Crippen molar-refractivity contribution in [1.29, 1.82) is 0 Å². The van der Waals surface area contributed by atoms with Crippen LogP contribution in [0.2, 0.25) is 10.0 Å². The summed E-state index contributed by atoms with van der Waals surface area (Å²) in [6.07, 6.45) is 0. The molecule has 0 saturated carbocycles. The molecule has 2 rings (SSSR count). The van der Waals surface area contributed by atoms with Crippen LogP contribution in [0.4, 0.5) is 0 Å². The number of nitrogens with one attached hydrogen (secondary N) is 3. The fourth-order valence-electron chi connectivity index (χ4n) is 2.05. The van der Waals surface area contributed by atoms with Crippen molar-refractivity contribution >= 4 is 52.3 Å². The van der Waals surface area contributed by atoms with E-state index in [0.29, 0.717) is 35.3 Å². The zero-order valence-corrected chi connectivity index (χ0v) is 18.2. The van der Waals surface area contributed by atoms with Crippen LogP contribution in [0.25, 0.3) is 0 Å². The second-order valence-corrected chi connectivity index (χ2v) is 6.94. The van der Waals surface area contributed by atoms with Gasteiger partial charge in [0.15, 0.2) is 11.7 Å². The maximum Gasteiger partial charge on any atom is 0.276 e. The molecule has 160 valence electrons. The molecule has 0 bridgehead atoms. The normalized spacial score (nSPS) is 10.1. The predicted octanol–water partition coefficient (Wildman–Crippen LogP) is 2.73. The van der Waals surface area contributed by atoms with Crippen molar-refractivity contribution in [1.82, 2.24) is 16.2 Å². The van der Waals surface area contributed by atoms with Gasteiger partial charge in [0.2, 0.25) is 0 Å². The molecule has 2 aromatic carbocycles. The lowest BCUT2D eigenvalue weighted by atomic mass is 10.2. The highest BCUT2D eigenvalue weighted by Gasteiger charge is 2.10. The minimum Gasteiger partial charge on any atom is -0.491 e. The highest BCUT2D eigenvalue weighted by molar-refractivity contribution is 7.80. The van der Waals surface area contributed by atoms with Crippen molar-refractivity contribution in [3.63, 3.8) is 0 Å². The van der Waals surface area contributed by atoms with Crippen molar-refractivity contribution in [3.8, 4) is 11.5 Å². The fraction of sp³-hybridized carbons (Fsp3) is 0.211. The van der Waals surface area contributed by atoms with E-state index in [1.54, 1.807) is 43.5 Å². The van der Waals surface area contributed by atoms with Crippen LogP contribution in [-0.4, -0.2) is 43.9 Å². The summed E-state index contributed by atoms with van der Waals surface area (Å²) in [7, 11) is 1.58. The van der Waals surface area contributed by atoms with Gasteiger partial charge >= 0.3 is 0 Å². The zero-order chi connectivity index (χ0) is 21.9. The van der Waals surface area contributed by atoms with Crippen LogP contribution in [0.1, 0.15) is 10.4 Å². The summed E-state index contributed by atoms with van der Waals surface area (Å²) < 4.78 is 15.6. The summed E-state index contributed by atoms with van der Waals surface area (Å²) in [4.78, 5) is 24.0. The van der Waals surface area contributed by atoms with Gasteiger partial charge < -0.3 is 14.2 Å². The molecule has 0 saturated heterocycles. The zero-order valence-electron chi connectivity index (χ0n) is 15.9. The second-order valence-electron chi connectivity index (χ2n) is 5.69. The number of hydrogen-bond donors (Lipinski definition) is 3. The minimum absolute atomic E-state index is 0.0849. The first-order chi connectivity index (χ1) is 14.4. The molecule has 0 unspecified atom stereocenters. The Kier molecular flexibility index (Phi) is 9.62. The first-order valence-corrected chi connectivity index (χ1v) is 9.75. The van der Waals surface area contributed by atoms with E-state index in [-0.39, 0.29) is 16.7 Å². The Morgan fingerprint density at radius 3 is 2.40 bits per heavy atom. The Labute approximate surface area is 188 Å². The quantitative estimate of drug-likeness (QED) is 0.309. The number of thiocarbonyl (C=S) groups is 1. The van der Waals surface area contributed by atoms with Crippen LogP contribution in [0.5, 0.6) is 11.5 Å². The highest BCUT2D eigenvalue weighted by atomic mass is 35.5. The third-order valence-corrected chi connectivity index (χ3v) is 4.20. The van der Waals surface area contributed by atoms with Gasteiger partial charge in [-0.25, -0.2) is 0 Å². The summed E-state index contributed by atoms with van der Waals surface area (Å²) in [5, 5.41) is 3.09. The average Bonchev–Trinajstić information content (AvgIpc) is 2.72. The first-order valence-electron chi connectivity index (χ1n) is 8.59. The first kappa shape index (κ1) is 23.7. The van der Waals surface area contributed by atoms with Crippen LogP contribution < -0.4 is 25.6 Å². The van der Waals surface area contributed by atoms with Crippen molar-refractivity contribution < 1.29 is 23.8 Å². The lowest BCUT2D eigenvalue weighted by molar-refractivity contribution is -0.123. The number of methoxy groups -OCH3 is 1. The average molecular weight is 472 g/mol. The van der Waals surface area contributed by atoms with Crippen molar-refractivity contribution in [2.45, 2.75) is 0 Å². The Morgan fingerprint density at radius 2 is 1.73 bits per heavy atom. The number of carbonyl (C=O) groups excluding carboxylic acids is 2. The number of halogens is 2. The summed E-state index contributed by atoms with van der Waals surface area (Å²) in [6.45, 7) is 0.546. The molecule has 3 N–H and O–H groups in total. The number of ether oxygens (including phenoxy) is 3. The number of benzene rings is 2. The topological polar surface area (TPSA) is 97.9 Å². The van der Waals surface area contributed by atoms with E-state index in [1.165, 1.54) is 6.07 Å². The van der Waals surface area contributed by atoms with Gasteiger partial charge in [-0.1, -0.05) is 23.2 Å². The molecule has 0 aromatic heterocycles. The SMILES string of the molecule is COCCOc1ccc(C(=O)NC(=S)NNC(=O)COc2ccc(Cl)cc2Cl)cc1.